The van der Waals surface area contributed by atoms with E-state index in [4.69, 9.17) is 0 Å². The van der Waals surface area contributed by atoms with Gasteiger partial charge in [0.15, 0.2) is 0 Å². The van der Waals surface area contributed by atoms with E-state index in [9.17, 15) is 14.7 Å². The Hall–Kier alpha value is -1.63. The van der Waals surface area contributed by atoms with Crippen molar-refractivity contribution < 1.29 is 14.7 Å². The third-order valence-electron chi connectivity index (χ3n) is 4.89. The molecule has 7 heteroatoms. The van der Waals surface area contributed by atoms with E-state index >= 15 is 0 Å². The topological polar surface area (TPSA) is 82.5 Å². The highest BCUT2D eigenvalue weighted by Crippen LogP contribution is 2.49. The van der Waals surface area contributed by atoms with Gasteiger partial charge in [-0.05, 0) is 37.2 Å². The molecule has 2 fully saturated rings. The van der Waals surface area contributed by atoms with E-state index in [-0.39, 0.29) is 11.8 Å². The lowest BCUT2D eigenvalue weighted by Gasteiger charge is -2.23. The van der Waals surface area contributed by atoms with Crippen LogP contribution >= 0.6 is 11.5 Å². The zero-order valence-electron chi connectivity index (χ0n) is 12.2. The smallest absolute Gasteiger partial charge is 0.311 e. The molecule has 6 nitrogen and oxygen atoms in total. The summed E-state index contributed by atoms with van der Waals surface area (Å²) in [6.07, 6.45) is 2.52. The number of carbonyl (C=O) groups is 2. The van der Waals surface area contributed by atoms with Gasteiger partial charge in [-0.2, -0.15) is 4.37 Å². The molecular formula is C14H19N3O3S. The molecule has 2 heterocycles. The standard InChI is InChI=1S/C14H19N3O3S/c1-8-10(11(15-2)21-16-8)12(18)17-6-9-4-3-5-14(9,7-17)13(19)20/h9,15H,3-7H2,1-2H3,(H,19,20)/t9-,14+/m0/s1. The molecule has 0 radical (unpaired) electrons. The third kappa shape index (κ3) is 2.02. The number of aryl methyl sites for hydroxylation is 1. The first-order valence-corrected chi connectivity index (χ1v) is 7.93. The van der Waals surface area contributed by atoms with Gasteiger partial charge in [0.05, 0.1) is 16.7 Å². The molecule has 1 aromatic heterocycles. The van der Waals surface area contributed by atoms with Gasteiger partial charge in [-0.15, -0.1) is 0 Å². The molecule has 0 bridgehead atoms. The Morgan fingerprint density at radius 2 is 2.29 bits per heavy atom. The van der Waals surface area contributed by atoms with Crippen LogP contribution < -0.4 is 5.32 Å². The van der Waals surface area contributed by atoms with Gasteiger partial charge in [-0.25, -0.2) is 0 Å². The number of fused-ring (bicyclic) bond motifs is 1. The SMILES string of the molecule is CNc1snc(C)c1C(=O)N1C[C@@H]2CCC[C@@]2(C(=O)O)C1. The molecule has 1 aromatic rings. The minimum atomic E-state index is -0.755. The zero-order valence-corrected chi connectivity index (χ0v) is 13.0. The lowest BCUT2D eigenvalue weighted by Crippen LogP contribution is -2.37. The summed E-state index contributed by atoms with van der Waals surface area (Å²) in [5, 5.41) is 13.3. The van der Waals surface area contributed by atoms with Crippen LogP contribution in [0.1, 0.15) is 35.3 Å². The highest BCUT2D eigenvalue weighted by molar-refractivity contribution is 7.10. The number of aromatic nitrogens is 1. The minimum Gasteiger partial charge on any atom is -0.481 e. The third-order valence-corrected chi connectivity index (χ3v) is 5.84. The molecule has 1 saturated carbocycles. The first-order valence-electron chi connectivity index (χ1n) is 7.16. The van der Waals surface area contributed by atoms with Gasteiger partial charge >= 0.3 is 5.97 Å². The van der Waals surface area contributed by atoms with Gasteiger partial charge in [0, 0.05) is 20.1 Å². The molecule has 114 valence electrons. The predicted octanol–water partition coefficient (Wildman–Crippen LogP) is 1.82. The van der Waals surface area contributed by atoms with Crippen molar-refractivity contribution in [1.29, 1.82) is 0 Å². The van der Waals surface area contributed by atoms with E-state index in [1.165, 1.54) is 11.5 Å². The summed E-state index contributed by atoms with van der Waals surface area (Å²) in [6, 6.07) is 0. The summed E-state index contributed by atoms with van der Waals surface area (Å²) < 4.78 is 4.22. The molecule has 2 N–H and O–H groups in total. The molecule has 0 aromatic carbocycles. The maximum Gasteiger partial charge on any atom is 0.311 e. The summed E-state index contributed by atoms with van der Waals surface area (Å²) in [5.74, 6) is -0.765. The molecule has 1 saturated heterocycles. The van der Waals surface area contributed by atoms with Gasteiger partial charge < -0.3 is 15.3 Å². The van der Waals surface area contributed by atoms with Gasteiger partial charge in [-0.1, -0.05) is 6.42 Å². The van der Waals surface area contributed by atoms with Crippen LogP contribution in [0, 0.1) is 18.3 Å². The summed E-state index contributed by atoms with van der Waals surface area (Å²) in [6.45, 7) is 2.68. The highest BCUT2D eigenvalue weighted by atomic mass is 32.1. The molecule has 0 unspecified atom stereocenters. The van der Waals surface area contributed by atoms with E-state index < -0.39 is 11.4 Å². The van der Waals surface area contributed by atoms with Crippen LogP contribution in [0.3, 0.4) is 0 Å². The van der Waals surface area contributed by atoms with Crippen molar-refractivity contribution >= 4 is 28.4 Å². The second kappa shape index (κ2) is 4.98. The molecule has 1 aliphatic heterocycles. The van der Waals surface area contributed by atoms with Crippen LogP contribution in [0.5, 0.6) is 0 Å². The van der Waals surface area contributed by atoms with E-state index in [0.29, 0.717) is 30.8 Å². The minimum absolute atomic E-state index is 0.0869. The van der Waals surface area contributed by atoms with Crippen molar-refractivity contribution in [3.8, 4) is 0 Å². The number of nitrogens with one attached hydrogen (secondary N) is 1. The van der Waals surface area contributed by atoms with E-state index in [1.807, 2.05) is 6.92 Å². The quantitative estimate of drug-likeness (QED) is 0.890. The van der Waals surface area contributed by atoms with Crippen LogP contribution in [-0.2, 0) is 4.79 Å². The number of hydrogen-bond donors (Lipinski definition) is 2. The Kier molecular flexibility index (Phi) is 3.39. The number of carboxylic acid groups (broad SMARTS) is 1. The number of amides is 1. The monoisotopic (exact) mass is 309 g/mol. The molecule has 0 spiro atoms. The fraction of sp³-hybridized carbons (Fsp3) is 0.643. The van der Waals surface area contributed by atoms with Crippen LogP contribution in [0.15, 0.2) is 0 Å². The van der Waals surface area contributed by atoms with Gasteiger partial charge in [0.1, 0.15) is 5.00 Å². The fourth-order valence-electron chi connectivity index (χ4n) is 3.74. The van der Waals surface area contributed by atoms with Gasteiger partial charge in [-0.3, -0.25) is 9.59 Å². The predicted molar refractivity (Wildman–Crippen MR) is 79.7 cm³/mol. The Balaban J connectivity index is 1.88. The zero-order chi connectivity index (χ0) is 15.2. The number of nitrogens with zero attached hydrogens (tertiary/aromatic N) is 2. The van der Waals surface area contributed by atoms with Crippen LogP contribution in [-0.4, -0.2) is 46.4 Å². The number of carboxylic acids is 1. The van der Waals surface area contributed by atoms with E-state index in [2.05, 4.69) is 9.69 Å². The molecule has 1 aliphatic carbocycles. The average Bonchev–Trinajstić information content (AvgIpc) is 3.09. The number of rotatable bonds is 3. The molecule has 1 amide bonds. The normalized spacial score (nSPS) is 27.7. The average molecular weight is 309 g/mol. The van der Waals surface area contributed by atoms with Crippen molar-refractivity contribution in [3.05, 3.63) is 11.3 Å². The molecule has 2 atom stereocenters. The van der Waals surface area contributed by atoms with Gasteiger partial charge in [0.2, 0.25) is 0 Å². The number of carbonyl (C=O) groups excluding carboxylic acids is 1. The number of hydrogen-bond acceptors (Lipinski definition) is 5. The van der Waals surface area contributed by atoms with E-state index in [1.54, 1.807) is 11.9 Å². The van der Waals surface area contributed by atoms with Crippen molar-refractivity contribution in [2.24, 2.45) is 11.3 Å². The Morgan fingerprint density at radius 1 is 1.52 bits per heavy atom. The maximum atomic E-state index is 12.8. The Bertz CT molecular complexity index is 600. The van der Waals surface area contributed by atoms with Crippen molar-refractivity contribution in [1.82, 2.24) is 9.27 Å². The first kappa shape index (κ1) is 14.3. The molecular weight excluding hydrogens is 290 g/mol. The van der Waals surface area contributed by atoms with Crippen LogP contribution in [0.2, 0.25) is 0 Å². The maximum absolute atomic E-state index is 12.8. The Morgan fingerprint density at radius 3 is 2.90 bits per heavy atom. The van der Waals surface area contributed by atoms with Crippen molar-refractivity contribution in [2.75, 3.05) is 25.5 Å². The summed E-state index contributed by atoms with van der Waals surface area (Å²) in [5.41, 5.74) is 0.561. The fourth-order valence-corrected chi connectivity index (χ4v) is 4.48. The largest absolute Gasteiger partial charge is 0.481 e. The summed E-state index contributed by atoms with van der Waals surface area (Å²) in [4.78, 5) is 26.2. The summed E-state index contributed by atoms with van der Waals surface area (Å²) >= 11 is 1.27. The number of likely N-dealkylation sites (tertiary alicyclic amines) is 1. The van der Waals surface area contributed by atoms with E-state index in [0.717, 1.165) is 17.8 Å². The molecule has 21 heavy (non-hydrogen) atoms. The first-order chi connectivity index (χ1) is 9.99. The van der Waals surface area contributed by atoms with Gasteiger partial charge in [0.25, 0.3) is 5.91 Å². The molecule has 2 aliphatic rings. The second-order valence-electron chi connectivity index (χ2n) is 5.96. The second-order valence-corrected chi connectivity index (χ2v) is 6.73. The Labute approximate surface area is 127 Å². The van der Waals surface area contributed by atoms with Crippen molar-refractivity contribution in [2.45, 2.75) is 26.2 Å². The van der Waals surface area contributed by atoms with Crippen LogP contribution in [0.4, 0.5) is 5.00 Å². The number of anilines is 1. The van der Waals surface area contributed by atoms with Crippen LogP contribution in [0.25, 0.3) is 0 Å². The lowest BCUT2D eigenvalue weighted by atomic mass is 9.81. The molecule has 3 rings (SSSR count). The van der Waals surface area contributed by atoms with Crippen molar-refractivity contribution in [3.63, 3.8) is 0 Å². The summed E-state index contributed by atoms with van der Waals surface area (Å²) in [7, 11) is 1.77. The number of aliphatic carboxylic acids is 1. The highest BCUT2D eigenvalue weighted by Gasteiger charge is 2.56. The lowest BCUT2D eigenvalue weighted by molar-refractivity contribution is -0.149.